The van der Waals surface area contributed by atoms with Crippen LogP contribution in [0, 0.1) is 6.92 Å². The molecule has 1 aliphatic rings. The molecule has 19 heavy (non-hydrogen) atoms. The standard InChI is InChI=1S/C12H14BrN5O/c1-8-15-12(17-16-8)11-7-18(4-5-19-11)10-2-3-14-6-9(10)13/h2-3,6,11H,4-5,7H2,1H3,(H,15,16,17). The van der Waals surface area contributed by atoms with Crippen LogP contribution in [0.25, 0.3) is 0 Å². The number of rotatable bonds is 2. The highest BCUT2D eigenvalue weighted by atomic mass is 79.9. The third kappa shape index (κ3) is 2.62. The molecule has 0 radical (unpaired) electrons. The molecule has 0 aliphatic carbocycles. The zero-order chi connectivity index (χ0) is 13.2. The number of aromatic nitrogens is 4. The molecule has 7 heteroatoms. The average Bonchev–Trinajstić information content (AvgIpc) is 2.86. The lowest BCUT2D eigenvalue weighted by Crippen LogP contribution is -2.39. The molecule has 3 heterocycles. The lowest BCUT2D eigenvalue weighted by molar-refractivity contribution is 0.0342. The van der Waals surface area contributed by atoms with Crippen LogP contribution < -0.4 is 4.90 Å². The highest BCUT2D eigenvalue weighted by Gasteiger charge is 2.26. The first-order valence-corrected chi connectivity index (χ1v) is 6.88. The zero-order valence-electron chi connectivity index (χ0n) is 10.5. The van der Waals surface area contributed by atoms with Crippen molar-refractivity contribution in [2.45, 2.75) is 13.0 Å². The summed E-state index contributed by atoms with van der Waals surface area (Å²) in [6, 6.07) is 2.00. The second-order valence-corrected chi connectivity index (χ2v) is 5.27. The summed E-state index contributed by atoms with van der Waals surface area (Å²) in [6.07, 6.45) is 3.50. The maximum Gasteiger partial charge on any atom is 0.181 e. The lowest BCUT2D eigenvalue weighted by atomic mass is 10.2. The largest absolute Gasteiger partial charge is 0.366 e. The van der Waals surface area contributed by atoms with Gasteiger partial charge in [0.05, 0.1) is 23.3 Å². The fourth-order valence-corrected chi connectivity index (χ4v) is 2.65. The van der Waals surface area contributed by atoms with Crippen molar-refractivity contribution < 1.29 is 4.74 Å². The molecule has 0 amide bonds. The van der Waals surface area contributed by atoms with Gasteiger partial charge in [0.2, 0.25) is 0 Å². The van der Waals surface area contributed by atoms with Crippen LogP contribution in [-0.4, -0.2) is 39.9 Å². The Labute approximate surface area is 119 Å². The molecule has 0 saturated carbocycles. The van der Waals surface area contributed by atoms with Crippen molar-refractivity contribution in [3.63, 3.8) is 0 Å². The first-order valence-electron chi connectivity index (χ1n) is 6.09. The van der Waals surface area contributed by atoms with Gasteiger partial charge in [-0.15, -0.1) is 0 Å². The van der Waals surface area contributed by atoms with Crippen molar-refractivity contribution in [1.29, 1.82) is 0 Å². The Kier molecular flexibility index (Phi) is 3.48. The molecular formula is C12H14BrN5O. The van der Waals surface area contributed by atoms with Gasteiger partial charge in [-0.1, -0.05) is 0 Å². The molecule has 1 N–H and O–H groups in total. The summed E-state index contributed by atoms with van der Waals surface area (Å²) >= 11 is 3.53. The fraction of sp³-hybridized carbons (Fsp3) is 0.417. The number of H-pyrrole nitrogens is 1. The molecule has 1 saturated heterocycles. The third-order valence-electron chi connectivity index (χ3n) is 3.06. The molecule has 100 valence electrons. The molecule has 3 rings (SSSR count). The van der Waals surface area contributed by atoms with Gasteiger partial charge in [0, 0.05) is 18.9 Å². The van der Waals surface area contributed by atoms with Gasteiger partial charge < -0.3 is 9.64 Å². The minimum Gasteiger partial charge on any atom is -0.366 e. The van der Waals surface area contributed by atoms with Crippen LogP contribution in [0.4, 0.5) is 5.69 Å². The van der Waals surface area contributed by atoms with Gasteiger partial charge >= 0.3 is 0 Å². The van der Waals surface area contributed by atoms with E-state index in [4.69, 9.17) is 4.74 Å². The van der Waals surface area contributed by atoms with Crippen LogP contribution in [0.15, 0.2) is 22.9 Å². The summed E-state index contributed by atoms with van der Waals surface area (Å²) in [4.78, 5) is 10.7. The van der Waals surface area contributed by atoms with E-state index in [2.05, 4.69) is 41.0 Å². The SMILES string of the molecule is Cc1nc(C2CN(c3ccncc3Br)CCO2)n[nH]1. The average molecular weight is 324 g/mol. The van der Waals surface area contributed by atoms with E-state index >= 15 is 0 Å². The first-order chi connectivity index (χ1) is 9.24. The van der Waals surface area contributed by atoms with E-state index in [9.17, 15) is 0 Å². The van der Waals surface area contributed by atoms with Crippen LogP contribution >= 0.6 is 15.9 Å². The van der Waals surface area contributed by atoms with Gasteiger partial charge in [-0.25, -0.2) is 4.98 Å². The normalized spacial score (nSPS) is 19.7. The Morgan fingerprint density at radius 1 is 1.53 bits per heavy atom. The predicted molar refractivity (Wildman–Crippen MR) is 74.0 cm³/mol. The van der Waals surface area contributed by atoms with Gasteiger partial charge in [-0.05, 0) is 28.9 Å². The van der Waals surface area contributed by atoms with Gasteiger partial charge in [-0.2, -0.15) is 5.10 Å². The number of aromatic amines is 1. The first kappa shape index (κ1) is 12.6. The van der Waals surface area contributed by atoms with E-state index in [0.717, 1.165) is 29.1 Å². The van der Waals surface area contributed by atoms with Crippen molar-refractivity contribution in [3.8, 4) is 0 Å². The molecule has 2 aromatic heterocycles. The number of hydrogen-bond donors (Lipinski definition) is 1. The number of halogens is 1. The topological polar surface area (TPSA) is 66.9 Å². The summed E-state index contributed by atoms with van der Waals surface area (Å²) in [5.74, 6) is 1.52. The Morgan fingerprint density at radius 2 is 2.42 bits per heavy atom. The summed E-state index contributed by atoms with van der Waals surface area (Å²) in [5.41, 5.74) is 1.12. The van der Waals surface area contributed by atoms with Crippen LogP contribution in [0.3, 0.4) is 0 Å². The second kappa shape index (κ2) is 5.26. The summed E-state index contributed by atoms with van der Waals surface area (Å²) in [7, 11) is 0. The van der Waals surface area contributed by atoms with Crippen molar-refractivity contribution in [1.82, 2.24) is 20.2 Å². The molecule has 0 spiro atoms. The summed E-state index contributed by atoms with van der Waals surface area (Å²) < 4.78 is 6.74. The molecule has 0 aromatic carbocycles. The molecule has 6 nitrogen and oxygen atoms in total. The number of ether oxygens (including phenoxy) is 1. The van der Waals surface area contributed by atoms with Crippen molar-refractivity contribution in [3.05, 3.63) is 34.6 Å². The molecule has 1 atom stereocenters. The smallest absolute Gasteiger partial charge is 0.181 e. The van der Waals surface area contributed by atoms with Crippen LogP contribution in [-0.2, 0) is 4.74 Å². The zero-order valence-corrected chi connectivity index (χ0v) is 12.1. The molecule has 2 aromatic rings. The Hall–Kier alpha value is -1.47. The number of aryl methyl sites for hydroxylation is 1. The predicted octanol–water partition coefficient (Wildman–Crippen LogP) is 1.85. The van der Waals surface area contributed by atoms with E-state index in [1.807, 2.05) is 13.0 Å². The lowest BCUT2D eigenvalue weighted by Gasteiger charge is -2.33. The maximum atomic E-state index is 5.75. The summed E-state index contributed by atoms with van der Waals surface area (Å²) in [6.45, 7) is 4.13. The van der Waals surface area contributed by atoms with Gasteiger partial charge in [0.15, 0.2) is 5.82 Å². The van der Waals surface area contributed by atoms with E-state index in [0.29, 0.717) is 12.4 Å². The molecule has 0 bridgehead atoms. The number of nitrogens with one attached hydrogen (secondary N) is 1. The maximum absolute atomic E-state index is 5.75. The number of pyridine rings is 1. The van der Waals surface area contributed by atoms with Crippen LogP contribution in [0.1, 0.15) is 17.8 Å². The van der Waals surface area contributed by atoms with E-state index < -0.39 is 0 Å². The summed E-state index contributed by atoms with van der Waals surface area (Å²) in [5, 5.41) is 7.03. The van der Waals surface area contributed by atoms with E-state index in [-0.39, 0.29) is 6.10 Å². The van der Waals surface area contributed by atoms with E-state index in [1.165, 1.54) is 0 Å². The van der Waals surface area contributed by atoms with Crippen molar-refractivity contribution in [2.75, 3.05) is 24.6 Å². The van der Waals surface area contributed by atoms with Gasteiger partial charge in [-0.3, -0.25) is 10.1 Å². The Balaban J connectivity index is 1.80. The number of anilines is 1. The number of nitrogens with zero attached hydrogens (tertiary/aromatic N) is 4. The minimum atomic E-state index is -0.0984. The quantitative estimate of drug-likeness (QED) is 0.913. The highest BCUT2D eigenvalue weighted by Crippen LogP contribution is 2.29. The van der Waals surface area contributed by atoms with E-state index in [1.54, 1.807) is 12.4 Å². The Bertz CT molecular complexity index is 573. The third-order valence-corrected chi connectivity index (χ3v) is 3.67. The van der Waals surface area contributed by atoms with Crippen LogP contribution in [0.5, 0.6) is 0 Å². The monoisotopic (exact) mass is 323 g/mol. The molecule has 1 aliphatic heterocycles. The minimum absolute atomic E-state index is 0.0984. The Morgan fingerprint density at radius 3 is 3.16 bits per heavy atom. The molecule has 1 fully saturated rings. The molecule has 1 unspecified atom stereocenters. The number of morpholine rings is 1. The van der Waals surface area contributed by atoms with Crippen LogP contribution in [0.2, 0.25) is 0 Å². The van der Waals surface area contributed by atoms with Gasteiger partial charge in [0.1, 0.15) is 11.9 Å². The molecular weight excluding hydrogens is 310 g/mol. The number of hydrogen-bond acceptors (Lipinski definition) is 5. The van der Waals surface area contributed by atoms with Gasteiger partial charge in [0.25, 0.3) is 0 Å². The van der Waals surface area contributed by atoms with Crippen molar-refractivity contribution >= 4 is 21.6 Å². The highest BCUT2D eigenvalue weighted by molar-refractivity contribution is 9.10. The second-order valence-electron chi connectivity index (χ2n) is 4.41. The van der Waals surface area contributed by atoms with Crippen molar-refractivity contribution in [2.24, 2.45) is 0 Å². The fourth-order valence-electron chi connectivity index (χ4n) is 2.15.